The van der Waals surface area contributed by atoms with E-state index < -0.39 is 6.10 Å². The number of hydrogen-bond acceptors (Lipinski definition) is 2. The Hall–Kier alpha value is -1.32. The molecule has 3 nitrogen and oxygen atoms in total. The van der Waals surface area contributed by atoms with Gasteiger partial charge in [0, 0.05) is 7.05 Å². The molecule has 0 fully saturated rings. The first kappa shape index (κ1) is 12.1. The molecule has 90 valence electrons. The van der Waals surface area contributed by atoms with Crippen LogP contribution in [0, 0.1) is 0 Å². The second kappa shape index (κ2) is 4.90. The molecule has 0 radical (unpaired) electrons. The van der Waals surface area contributed by atoms with Crippen molar-refractivity contribution >= 4 is 11.6 Å². The molecule has 1 atom stereocenters. The highest BCUT2D eigenvalue weighted by Gasteiger charge is 2.18. The number of aryl methyl sites for hydroxylation is 2. The summed E-state index contributed by atoms with van der Waals surface area (Å²) in [5, 5.41) is 14.8. The van der Waals surface area contributed by atoms with Crippen molar-refractivity contribution in [2.45, 2.75) is 19.4 Å². The zero-order valence-corrected chi connectivity index (χ0v) is 10.6. The van der Waals surface area contributed by atoms with Crippen LogP contribution in [0.5, 0.6) is 0 Å². The standard InChI is InChI=1S/C13H15ClN2O/c1-3-9-4-6-10(7-5-9)13(17)12-11(14)8-15-16(12)2/h4-8,13,17H,3H2,1-2H3. The molecule has 0 aliphatic rings. The summed E-state index contributed by atoms with van der Waals surface area (Å²) in [5.41, 5.74) is 2.70. The van der Waals surface area contributed by atoms with Crippen LogP contribution in [0.15, 0.2) is 30.5 Å². The Kier molecular flexibility index (Phi) is 3.50. The van der Waals surface area contributed by atoms with Gasteiger partial charge in [-0.2, -0.15) is 5.10 Å². The van der Waals surface area contributed by atoms with E-state index in [4.69, 9.17) is 11.6 Å². The number of aliphatic hydroxyl groups excluding tert-OH is 1. The van der Waals surface area contributed by atoms with E-state index in [1.807, 2.05) is 24.3 Å². The van der Waals surface area contributed by atoms with Gasteiger partial charge in [0.2, 0.25) is 0 Å². The minimum atomic E-state index is -0.735. The largest absolute Gasteiger partial charge is 0.382 e. The van der Waals surface area contributed by atoms with Crippen LogP contribution in [-0.4, -0.2) is 14.9 Å². The number of halogens is 1. The first-order valence-electron chi connectivity index (χ1n) is 5.57. The summed E-state index contributed by atoms with van der Waals surface area (Å²) >= 11 is 6.01. The Morgan fingerprint density at radius 2 is 2.00 bits per heavy atom. The van der Waals surface area contributed by atoms with Crippen molar-refractivity contribution in [1.29, 1.82) is 0 Å². The fourth-order valence-electron chi connectivity index (χ4n) is 1.82. The molecule has 0 saturated heterocycles. The molecule has 0 aliphatic heterocycles. The fraction of sp³-hybridized carbons (Fsp3) is 0.308. The lowest BCUT2D eigenvalue weighted by molar-refractivity contribution is 0.210. The lowest BCUT2D eigenvalue weighted by Crippen LogP contribution is -2.07. The molecule has 1 aromatic heterocycles. The van der Waals surface area contributed by atoms with Crippen LogP contribution in [0.2, 0.25) is 5.02 Å². The van der Waals surface area contributed by atoms with Crippen LogP contribution in [0.3, 0.4) is 0 Å². The maximum atomic E-state index is 10.3. The van der Waals surface area contributed by atoms with Crippen molar-refractivity contribution in [3.05, 3.63) is 52.3 Å². The number of nitrogens with zero attached hydrogens (tertiary/aromatic N) is 2. The second-order valence-electron chi connectivity index (χ2n) is 4.00. The lowest BCUT2D eigenvalue weighted by atomic mass is 10.0. The predicted octanol–water partition coefficient (Wildman–Crippen LogP) is 2.72. The highest BCUT2D eigenvalue weighted by atomic mass is 35.5. The summed E-state index contributed by atoms with van der Waals surface area (Å²) in [6, 6.07) is 7.88. The smallest absolute Gasteiger partial charge is 0.122 e. The summed E-state index contributed by atoms with van der Waals surface area (Å²) in [6.45, 7) is 2.10. The molecule has 1 heterocycles. The maximum absolute atomic E-state index is 10.3. The number of rotatable bonds is 3. The molecular formula is C13H15ClN2O. The van der Waals surface area contributed by atoms with Gasteiger partial charge in [-0.25, -0.2) is 0 Å². The molecule has 2 aromatic rings. The zero-order valence-electron chi connectivity index (χ0n) is 9.89. The van der Waals surface area contributed by atoms with Crippen molar-refractivity contribution in [3.8, 4) is 0 Å². The quantitative estimate of drug-likeness (QED) is 0.910. The molecule has 0 aliphatic carbocycles. The summed E-state index contributed by atoms with van der Waals surface area (Å²) < 4.78 is 1.60. The van der Waals surface area contributed by atoms with E-state index in [0.717, 1.165) is 12.0 Å². The van der Waals surface area contributed by atoms with Crippen LogP contribution >= 0.6 is 11.6 Å². The van der Waals surface area contributed by atoms with Crippen LogP contribution in [0.25, 0.3) is 0 Å². The van der Waals surface area contributed by atoms with E-state index in [-0.39, 0.29) is 0 Å². The fourth-order valence-corrected chi connectivity index (χ4v) is 2.09. The summed E-state index contributed by atoms with van der Waals surface area (Å²) in [7, 11) is 1.77. The zero-order chi connectivity index (χ0) is 12.4. The summed E-state index contributed by atoms with van der Waals surface area (Å²) in [4.78, 5) is 0. The Morgan fingerprint density at radius 3 is 2.47 bits per heavy atom. The Labute approximate surface area is 106 Å². The Morgan fingerprint density at radius 1 is 1.35 bits per heavy atom. The van der Waals surface area contributed by atoms with Crippen LogP contribution in [-0.2, 0) is 13.5 Å². The molecule has 0 saturated carbocycles. The van der Waals surface area contributed by atoms with Gasteiger partial charge in [0.15, 0.2) is 0 Å². The molecule has 1 aromatic carbocycles. The van der Waals surface area contributed by atoms with E-state index in [2.05, 4.69) is 12.0 Å². The monoisotopic (exact) mass is 250 g/mol. The average molecular weight is 251 g/mol. The molecule has 1 unspecified atom stereocenters. The highest BCUT2D eigenvalue weighted by Crippen LogP contribution is 2.27. The van der Waals surface area contributed by atoms with Crippen molar-refractivity contribution in [2.75, 3.05) is 0 Å². The summed E-state index contributed by atoms with van der Waals surface area (Å²) in [6.07, 6.45) is 1.80. The van der Waals surface area contributed by atoms with Gasteiger partial charge >= 0.3 is 0 Å². The van der Waals surface area contributed by atoms with E-state index in [1.165, 1.54) is 5.56 Å². The number of aliphatic hydroxyl groups is 1. The number of benzene rings is 1. The average Bonchev–Trinajstić information content (AvgIpc) is 2.68. The third-order valence-electron chi connectivity index (χ3n) is 2.90. The second-order valence-corrected chi connectivity index (χ2v) is 4.41. The van der Waals surface area contributed by atoms with Crippen molar-refractivity contribution in [3.63, 3.8) is 0 Å². The third-order valence-corrected chi connectivity index (χ3v) is 3.19. The molecule has 0 bridgehead atoms. The van der Waals surface area contributed by atoms with Gasteiger partial charge in [0.05, 0.1) is 16.9 Å². The van der Waals surface area contributed by atoms with Gasteiger partial charge in [-0.1, -0.05) is 42.8 Å². The van der Waals surface area contributed by atoms with Gasteiger partial charge < -0.3 is 5.11 Å². The van der Waals surface area contributed by atoms with Gasteiger partial charge in [-0.15, -0.1) is 0 Å². The minimum absolute atomic E-state index is 0.486. The molecule has 0 spiro atoms. The topological polar surface area (TPSA) is 38.1 Å². The minimum Gasteiger partial charge on any atom is -0.382 e. The third kappa shape index (κ3) is 2.35. The van der Waals surface area contributed by atoms with E-state index in [1.54, 1.807) is 17.9 Å². The first-order valence-corrected chi connectivity index (χ1v) is 5.95. The van der Waals surface area contributed by atoms with Crippen LogP contribution in [0.4, 0.5) is 0 Å². The van der Waals surface area contributed by atoms with E-state index in [9.17, 15) is 5.11 Å². The normalized spacial score (nSPS) is 12.7. The van der Waals surface area contributed by atoms with Crippen molar-refractivity contribution in [2.24, 2.45) is 7.05 Å². The van der Waals surface area contributed by atoms with Crippen LogP contribution < -0.4 is 0 Å². The maximum Gasteiger partial charge on any atom is 0.122 e. The molecule has 2 rings (SSSR count). The molecule has 17 heavy (non-hydrogen) atoms. The van der Waals surface area contributed by atoms with Gasteiger partial charge in [0.1, 0.15) is 6.10 Å². The number of aromatic nitrogens is 2. The molecule has 4 heteroatoms. The first-order chi connectivity index (χ1) is 8.13. The Balaban J connectivity index is 2.33. The van der Waals surface area contributed by atoms with E-state index in [0.29, 0.717) is 10.7 Å². The molecule has 0 amide bonds. The van der Waals surface area contributed by atoms with Crippen molar-refractivity contribution < 1.29 is 5.11 Å². The Bertz CT molecular complexity index is 485. The molecule has 1 N–H and O–H groups in total. The lowest BCUT2D eigenvalue weighted by Gasteiger charge is -2.12. The summed E-state index contributed by atoms with van der Waals surface area (Å²) in [5.74, 6) is 0. The van der Waals surface area contributed by atoms with Gasteiger partial charge in [-0.3, -0.25) is 4.68 Å². The van der Waals surface area contributed by atoms with Gasteiger partial charge in [-0.05, 0) is 17.5 Å². The van der Waals surface area contributed by atoms with Crippen molar-refractivity contribution in [1.82, 2.24) is 9.78 Å². The predicted molar refractivity (Wildman–Crippen MR) is 68.1 cm³/mol. The highest BCUT2D eigenvalue weighted by molar-refractivity contribution is 6.31. The van der Waals surface area contributed by atoms with Gasteiger partial charge in [0.25, 0.3) is 0 Å². The molecular weight excluding hydrogens is 236 g/mol. The van der Waals surface area contributed by atoms with E-state index >= 15 is 0 Å². The number of hydrogen-bond donors (Lipinski definition) is 1. The van der Waals surface area contributed by atoms with Crippen LogP contribution in [0.1, 0.15) is 29.8 Å². The SMILES string of the molecule is CCc1ccc(C(O)c2c(Cl)cnn2C)cc1.